The minimum Gasteiger partial charge on any atom is -0.494 e. The average Bonchev–Trinajstić information content (AvgIpc) is 2.78. The van der Waals surface area contributed by atoms with Crippen LogP contribution in [0.3, 0.4) is 0 Å². The predicted molar refractivity (Wildman–Crippen MR) is 45.5 cm³/mol. The van der Waals surface area contributed by atoms with Crippen LogP contribution in [0, 0.1) is 0 Å². The molecule has 1 aliphatic rings. The molecule has 11 heavy (non-hydrogen) atoms. The quantitative estimate of drug-likeness (QED) is 0.680. The highest BCUT2D eigenvalue weighted by molar-refractivity contribution is 5.90. The van der Waals surface area contributed by atoms with Gasteiger partial charge in [0.05, 0.1) is 18.0 Å². The van der Waals surface area contributed by atoms with Crippen LogP contribution in [-0.4, -0.2) is 6.61 Å². The van der Waals surface area contributed by atoms with Crippen LogP contribution < -0.4 is 10.1 Å². The Morgan fingerprint density at radius 3 is 3.00 bits per heavy atom. The molecular formula is C9H11NO. The second-order valence-corrected chi connectivity index (χ2v) is 2.68. The molecule has 1 heterocycles. The molecule has 2 rings (SSSR count). The molecule has 0 saturated carbocycles. The molecule has 0 atom stereocenters. The van der Waals surface area contributed by atoms with Crippen molar-refractivity contribution in [1.82, 2.24) is 0 Å². The van der Waals surface area contributed by atoms with Gasteiger partial charge in [0.25, 0.3) is 0 Å². The molecule has 0 saturated heterocycles. The lowest BCUT2D eigenvalue weighted by atomic mass is 10.3. The average molecular weight is 149 g/mol. The molecule has 2 nitrogen and oxygen atoms in total. The number of benzene rings is 1. The lowest BCUT2D eigenvalue weighted by Crippen LogP contribution is -1.93. The van der Waals surface area contributed by atoms with Crippen molar-refractivity contribution in [3.8, 4) is 5.75 Å². The third-order valence-corrected chi connectivity index (χ3v) is 1.67. The van der Waals surface area contributed by atoms with Crippen molar-refractivity contribution >= 4 is 11.4 Å². The molecule has 0 bridgehead atoms. The highest BCUT2D eigenvalue weighted by atomic mass is 16.5. The second kappa shape index (κ2) is 2.46. The summed E-state index contributed by atoms with van der Waals surface area (Å²) >= 11 is 0. The Labute approximate surface area is 66.2 Å². The maximum Gasteiger partial charge on any atom is 0.121 e. The fourth-order valence-corrected chi connectivity index (χ4v) is 1.02. The van der Waals surface area contributed by atoms with Crippen LogP contribution >= 0.6 is 0 Å². The molecule has 0 fully saturated rings. The summed E-state index contributed by atoms with van der Waals surface area (Å²) in [5.74, 6) is 0.968. The highest BCUT2D eigenvalue weighted by Crippen LogP contribution is 2.40. The zero-order valence-corrected chi connectivity index (χ0v) is 6.55. The number of hydrogen-bond acceptors (Lipinski definition) is 2. The Hall–Kier alpha value is -1.18. The monoisotopic (exact) mass is 149 g/mol. The molecule has 1 N–H and O–H groups in total. The van der Waals surface area contributed by atoms with Crippen LogP contribution in [0.15, 0.2) is 18.2 Å². The summed E-state index contributed by atoms with van der Waals surface area (Å²) in [4.78, 5) is 0. The van der Waals surface area contributed by atoms with Gasteiger partial charge >= 0.3 is 0 Å². The third-order valence-electron chi connectivity index (χ3n) is 1.67. The maximum atomic E-state index is 5.43. The minimum atomic E-state index is 0.804. The first-order valence-electron chi connectivity index (χ1n) is 3.94. The van der Waals surface area contributed by atoms with Crippen molar-refractivity contribution in [1.29, 1.82) is 0 Å². The largest absolute Gasteiger partial charge is 0.494 e. The Balaban J connectivity index is 2.03. The SMILES string of the molecule is CCCOc1ccc2c(c1)N2. The summed E-state index contributed by atoms with van der Waals surface area (Å²) in [6.45, 7) is 2.91. The van der Waals surface area contributed by atoms with Gasteiger partial charge in [-0.3, -0.25) is 0 Å². The van der Waals surface area contributed by atoms with E-state index < -0.39 is 0 Å². The van der Waals surface area contributed by atoms with Gasteiger partial charge in [-0.05, 0) is 18.6 Å². The van der Waals surface area contributed by atoms with Crippen molar-refractivity contribution in [3.63, 3.8) is 0 Å². The number of fused-ring (bicyclic) bond motifs is 1. The fraction of sp³-hybridized carbons (Fsp3) is 0.333. The third kappa shape index (κ3) is 1.29. The van der Waals surface area contributed by atoms with Crippen LogP contribution in [0.25, 0.3) is 0 Å². The molecule has 0 amide bonds. The van der Waals surface area contributed by atoms with E-state index in [-0.39, 0.29) is 0 Å². The van der Waals surface area contributed by atoms with Gasteiger partial charge < -0.3 is 10.1 Å². The Morgan fingerprint density at radius 2 is 2.27 bits per heavy atom. The van der Waals surface area contributed by atoms with E-state index in [2.05, 4.69) is 12.2 Å². The first kappa shape index (κ1) is 6.53. The lowest BCUT2D eigenvalue weighted by Gasteiger charge is -2.00. The topological polar surface area (TPSA) is 31.2 Å². The summed E-state index contributed by atoms with van der Waals surface area (Å²) < 4.78 is 5.43. The molecule has 0 aliphatic carbocycles. The summed E-state index contributed by atoms with van der Waals surface area (Å²) in [5.41, 5.74) is 2.44. The fourth-order valence-electron chi connectivity index (χ4n) is 1.02. The van der Waals surface area contributed by atoms with Crippen molar-refractivity contribution in [2.75, 3.05) is 11.9 Å². The van der Waals surface area contributed by atoms with E-state index in [0.717, 1.165) is 18.8 Å². The van der Waals surface area contributed by atoms with E-state index in [4.69, 9.17) is 4.74 Å². The predicted octanol–water partition coefficient (Wildman–Crippen LogP) is 2.53. The van der Waals surface area contributed by atoms with Gasteiger partial charge in [-0.1, -0.05) is 6.92 Å². The Bertz CT molecular complexity index is 270. The van der Waals surface area contributed by atoms with E-state index in [9.17, 15) is 0 Å². The standard InChI is InChI=1S/C9H11NO/c1-2-5-11-7-3-4-8-9(6-7)10-8/h3-4,6,10H,2,5H2,1H3. The summed E-state index contributed by atoms with van der Waals surface area (Å²) in [6.07, 6.45) is 1.06. The van der Waals surface area contributed by atoms with Crippen molar-refractivity contribution < 1.29 is 4.74 Å². The number of ether oxygens (including phenoxy) is 1. The van der Waals surface area contributed by atoms with E-state index in [0.29, 0.717) is 0 Å². The van der Waals surface area contributed by atoms with Gasteiger partial charge in [-0.25, -0.2) is 0 Å². The molecule has 0 spiro atoms. The minimum absolute atomic E-state index is 0.804. The van der Waals surface area contributed by atoms with Crippen molar-refractivity contribution in [2.45, 2.75) is 13.3 Å². The number of hydrogen-bond donors (Lipinski definition) is 1. The maximum absolute atomic E-state index is 5.43. The van der Waals surface area contributed by atoms with Crippen LogP contribution in [-0.2, 0) is 0 Å². The number of nitrogens with one attached hydrogen (secondary N) is 1. The molecule has 0 unspecified atom stereocenters. The van der Waals surface area contributed by atoms with E-state index in [1.165, 1.54) is 11.4 Å². The first-order chi connectivity index (χ1) is 5.40. The first-order valence-corrected chi connectivity index (χ1v) is 3.94. The molecule has 1 aromatic carbocycles. The molecule has 0 aromatic heterocycles. The van der Waals surface area contributed by atoms with Crippen molar-refractivity contribution in [2.24, 2.45) is 0 Å². The normalized spacial score (nSPS) is 11.7. The zero-order chi connectivity index (χ0) is 7.68. The van der Waals surface area contributed by atoms with Crippen LogP contribution in [0.5, 0.6) is 5.75 Å². The number of anilines is 2. The summed E-state index contributed by atoms with van der Waals surface area (Å²) in [5, 5.41) is 3.13. The van der Waals surface area contributed by atoms with Crippen molar-refractivity contribution in [3.05, 3.63) is 18.2 Å². The second-order valence-electron chi connectivity index (χ2n) is 2.68. The smallest absolute Gasteiger partial charge is 0.121 e. The molecule has 2 heteroatoms. The van der Waals surface area contributed by atoms with Crippen LogP contribution in [0.1, 0.15) is 13.3 Å². The van der Waals surface area contributed by atoms with Gasteiger partial charge in [0.2, 0.25) is 0 Å². The van der Waals surface area contributed by atoms with Gasteiger partial charge in [-0.2, -0.15) is 0 Å². The van der Waals surface area contributed by atoms with Crippen LogP contribution in [0.4, 0.5) is 11.4 Å². The number of rotatable bonds is 3. The molecule has 0 radical (unpaired) electrons. The summed E-state index contributed by atoms with van der Waals surface area (Å²) in [6, 6.07) is 6.07. The van der Waals surface area contributed by atoms with E-state index in [1.54, 1.807) is 0 Å². The Morgan fingerprint density at radius 1 is 1.36 bits per heavy atom. The molecule has 1 aliphatic heterocycles. The van der Waals surface area contributed by atoms with Gasteiger partial charge in [0.15, 0.2) is 0 Å². The van der Waals surface area contributed by atoms with E-state index in [1.807, 2.05) is 18.2 Å². The van der Waals surface area contributed by atoms with Crippen LogP contribution in [0.2, 0.25) is 0 Å². The van der Waals surface area contributed by atoms with E-state index >= 15 is 0 Å². The van der Waals surface area contributed by atoms with Gasteiger partial charge in [0.1, 0.15) is 5.75 Å². The lowest BCUT2D eigenvalue weighted by molar-refractivity contribution is 0.318. The Kier molecular flexibility index (Phi) is 1.46. The summed E-state index contributed by atoms with van der Waals surface area (Å²) in [7, 11) is 0. The molecule has 1 aromatic rings. The highest BCUT2D eigenvalue weighted by Gasteiger charge is 2.14. The van der Waals surface area contributed by atoms with Gasteiger partial charge in [0, 0.05) is 6.07 Å². The zero-order valence-electron chi connectivity index (χ0n) is 6.55. The molecule has 58 valence electrons. The molecular weight excluding hydrogens is 138 g/mol. The van der Waals surface area contributed by atoms with Gasteiger partial charge in [-0.15, -0.1) is 0 Å².